The van der Waals surface area contributed by atoms with Crippen molar-refractivity contribution in [3.8, 4) is 17.2 Å². The summed E-state index contributed by atoms with van der Waals surface area (Å²) in [5.74, 6) is -0.209. The van der Waals surface area contributed by atoms with Crippen LogP contribution < -0.4 is 14.4 Å². The van der Waals surface area contributed by atoms with Crippen LogP contribution in [0.3, 0.4) is 0 Å². The Labute approximate surface area is 220 Å². The van der Waals surface area contributed by atoms with Crippen molar-refractivity contribution in [2.24, 2.45) is 0 Å². The lowest BCUT2D eigenvalue weighted by Gasteiger charge is -2.17. The van der Waals surface area contributed by atoms with E-state index in [9.17, 15) is 25.0 Å². The standard InChI is InChI=1S/C25H19N3O7S2/c1-14-7-9-18(15(2)11-14)26-24(29)22(37-25(26)36)12-16-5-4-6-21(34-3)23(16)35-20-10-8-17(27(30)31)13-19(20)28(32)33/h4-13H,1-3H3/b22-12-. The van der Waals surface area contributed by atoms with Gasteiger partial charge in [0.05, 0.1) is 33.6 Å². The first-order valence-corrected chi connectivity index (χ1v) is 12.0. The van der Waals surface area contributed by atoms with Gasteiger partial charge < -0.3 is 9.47 Å². The summed E-state index contributed by atoms with van der Waals surface area (Å²) in [6.45, 7) is 3.86. The van der Waals surface area contributed by atoms with E-state index in [4.69, 9.17) is 21.7 Å². The molecule has 0 radical (unpaired) electrons. The van der Waals surface area contributed by atoms with E-state index in [0.29, 0.717) is 20.5 Å². The molecule has 1 amide bonds. The van der Waals surface area contributed by atoms with Gasteiger partial charge in [-0.2, -0.15) is 0 Å². The monoisotopic (exact) mass is 537 g/mol. The second kappa shape index (κ2) is 10.4. The number of non-ortho nitro benzene ring substituents is 1. The average Bonchev–Trinajstić information content (AvgIpc) is 3.12. The van der Waals surface area contributed by atoms with Gasteiger partial charge in [0.15, 0.2) is 15.8 Å². The fourth-order valence-corrected chi connectivity index (χ4v) is 5.02. The van der Waals surface area contributed by atoms with E-state index in [0.717, 1.165) is 41.1 Å². The van der Waals surface area contributed by atoms with Crippen LogP contribution in [0.25, 0.3) is 6.08 Å². The maximum Gasteiger partial charge on any atom is 0.318 e. The number of thiocarbonyl (C=S) groups is 1. The van der Waals surface area contributed by atoms with Crippen LogP contribution >= 0.6 is 24.0 Å². The van der Waals surface area contributed by atoms with Gasteiger partial charge in [-0.3, -0.25) is 29.9 Å². The Balaban J connectivity index is 1.76. The zero-order valence-electron chi connectivity index (χ0n) is 19.8. The SMILES string of the molecule is COc1cccc(/C=C2\SC(=S)N(c3ccc(C)cc3C)C2=O)c1Oc1ccc([N+](=O)[O-])cc1[N+](=O)[O-]. The minimum atomic E-state index is -0.771. The number of amides is 1. The number of methoxy groups -OCH3 is 1. The number of anilines is 1. The first kappa shape index (κ1) is 25.8. The Morgan fingerprint density at radius 1 is 1.00 bits per heavy atom. The number of benzene rings is 3. The largest absolute Gasteiger partial charge is 0.493 e. The van der Waals surface area contributed by atoms with E-state index in [1.54, 1.807) is 24.3 Å². The fraction of sp³-hybridized carbons (Fsp3) is 0.120. The summed E-state index contributed by atoms with van der Waals surface area (Å²) >= 11 is 6.61. The predicted molar refractivity (Wildman–Crippen MR) is 144 cm³/mol. The number of nitro benzene ring substituents is 2. The van der Waals surface area contributed by atoms with Crippen LogP contribution in [0, 0.1) is 34.1 Å². The minimum absolute atomic E-state index is 0.0961. The third-order valence-corrected chi connectivity index (χ3v) is 6.77. The number of rotatable bonds is 7. The molecule has 1 aliphatic rings. The first-order chi connectivity index (χ1) is 17.6. The van der Waals surface area contributed by atoms with Crippen molar-refractivity contribution in [3.63, 3.8) is 0 Å². The first-order valence-electron chi connectivity index (χ1n) is 10.7. The van der Waals surface area contributed by atoms with Crippen molar-refractivity contribution in [1.29, 1.82) is 0 Å². The van der Waals surface area contributed by atoms with Gasteiger partial charge in [0.2, 0.25) is 5.75 Å². The van der Waals surface area contributed by atoms with Crippen molar-refractivity contribution in [3.05, 3.63) is 96.4 Å². The molecule has 0 aromatic heterocycles. The Kier molecular flexibility index (Phi) is 7.23. The summed E-state index contributed by atoms with van der Waals surface area (Å²) in [5.41, 5.74) is 1.99. The van der Waals surface area contributed by atoms with Crippen molar-refractivity contribution in [2.45, 2.75) is 13.8 Å². The number of hydrogen-bond acceptors (Lipinski definition) is 9. The van der Waals surface area contributed by atoms with E-state index >= 15 is 0 Å². The maximum atomic E-state index is 13.4. The highest BCUT2D eigenvalue weighted by atomic mass is 32.2. The van der Waals surface area contributed by atoms with E-state index in [1.807, 2.05) is 32.0 Å². The summed E-state index contributed by atoms with van der Waals surface area (Å²) in [6, 6.07) is 13.7. The molecule has 0 bridgehead atoms. The van der Waals surface area contributed by atoms with Crippen LogP contribution in [0.15, 0.2) is 59.5 Å². The van der Waals surface area contributed by atoms with Gasteiger partial charge in [-0.1, -0.05) is 53.8 Å². The molecule has 0 saturated carbocycles. The summed E-state index contributed by atoms with van der Waals surface area (Å²) in [5, 5.41) is 22.7. The van der Waals surface area contributed by atoms with Crippen LogP contribution in [-0.4, -0.2) is 27.2 Å². The molecule has 0 aliphatic carbocycles. The number of thioether (sulfide) groups is 1. The number of nitrogens with zero attached hydrogens (tertiary/aromatic N) is 3. The summed E-state index contributed by atoms with van der Waals surface area (Å²) in [7, 11) is 1.40. The highest BCUT2D eigenvalue weighted by Crippen LogP contribution is 2.43. The highest BCUT2D eigenvalue weighted by Gasteiger charge is 2.34. The zero-order chi connectivity index (χ0) is 26.9. The van der Waals surface area contributed by atoms with Gasteiger partial charge in [0.25, 0.3) is 11.6 Å². The Morgan fingerprint density at radius 3 is 2.41 bits per heavy atom. The van der Waals surface area contributed by atoms with Crippen molar-refractivity contribution < 1.29 is 24.1 Å². The van der Waals surface area contributed by atoms with Crippen molar-refractivity contribution in [1.82, 2.24) is 0 Å². The number of carbonyl (C=O) groups is 1. The molecule has 10 nitrogen and oxygen atoms in total. The van der Waals surface area contributed by atoms with Crippen LogP contribution in [0.2, 0.25) is 0 Å². The molecule has 4 rings (SSSR count). The normalized spacial score (nSPS) is 14.2. The molecule has 188 valence electrons. The van der Waals surface area contributed by atoms with Crippen LogP contribution in [0.5, 0.6) is 17.2 Å². The third kappa shape index (κ3) is 5.15. The van der Waals surface area contributed by atoms with Crippen molar-refractivity contribution in [2.75, 3.05) is 12.0 Å². The minimum Gasteiger partial charge on any atom is -0.493 e. The van der Waals surface area contributed by atoms with Gasteiger partial charge in [0, 0.05) is 11.6 Å². The second-order valence-corrected chi connectivity index (χ2v) is 9.63. The van der Waals surface area contributed by atoms with Crippen LogP contribution in [0.4, 0.5) is 17.1 Å². The Morgan fingerprint density at radius 2 is 1.76 bits per heavy atom. The lowest BCUT2D eigenvalue weighted by molar-refractivity contribution is -0.394. The number of ether oxygens (including phenoxy) is 2. The zero-order valence-corrected chi connectivity index (χ0v) is 21.4. The molecule has 1 fully saturated rings. The number of nitro groups is 2. The average molecular weight is 538 g/mol. The molecule has 37 heavy (non-hydrogen) atoms. The van der Waals surface area contributed by atoms with E-state index in [1.165, 1.54) is 12.0 Å². The summed E-state index contributed by atoms with van der Waals surface area (Å²) in [4.78, 5) is 36.3. The van der Waals surface area contributed by atoms with Crippen molar-refractivity contribution >= 4 is 57.3 Å². The molecule has 0 spiro atoms. The molecular weight excluding hydrogens is 518 g/mol. The lowest BCUT2D eigenvalue weighted by Crippen LogP contribution is -2.28. The van der Waals surface area contributed by atoms with E-state index in [-0.39, 0.29) is 23.2 Å². The Hall–Kier alpha value is -4.29. The molecule has 3 aromatic carbocycles. The molecule has 3 aromatic rings. The molecule has 1 heterocycles. The van der Waals surface area contributed by atoms with E-state index < -0.39 is 21.2 Å². The molecular formula is C25H19N3O7S2. The molecule has 0 unspecified atom stereocenters. The second-order valence-electron chi connectivity index (χ2n) is 7.95. The molecule has 0 atom stereocenters. The molecule has 1 saturated heterocycles. The van der Waals surface area contributed by atoms with E-state index in [2.05, 4.69) is 0 Å². The summed E-state index contributed by atoms with van der Waals surface area (Å²) < 4.78 is 11.6. The fourth-order valence-electron chi connectivity index (χ4n) is 3.75. The third-order valence-electron chi connectivity index (χ3n) is 5.46. The highest BCUT2D eigenvalue weighted by molar-refractivity contribution is 8.27. The summed E-state index contributed by atoms with van der Waals surface area (Å²) in [6.07, 6.45) is 1.57. The smallest absolute Gasteiger partial charge is 0.318 e. The molecule has 0 N–H and O–H groups in total. The van der Waals surface area contributed by atoms with Gasteiger partial charge in [0.1, 0.15) is 0 Å². The van der Waals surface area contributed by atoms with Crippen LogP contribution in [-0.2, 0) is 4.79 Å². The van der Waals surface area contributed by atoms with Gasteiger partial charge in [-0.15, -0.1) is 0 Å². The number of para-hydroxylation sites is 1. The number of hydrogen-bond donors (Lipinski definition) is 0. The van der Waals surface area contributed by atoms with Crippen LogP contribution in [0.1, 0.15) is 16.7 Å². The maximum absolute atomic E-state index is 13.4. The topological polar surface area (TPSA) is 125 Å². The number of aryl methyl sites for hydroxylation is 2. The van der Waals surface area contributed by atoms with Gasteiger partial charge >= 0.3 is 5.69 Å². The molecule has 12 heteroatoms. The lowest BCUT2D eigenvalue weighted by atomic mass is 10.1. The predicted octanol–water partition coefficient (Wildman–Crippen LogP) is 6.33. The number of carbonyl (C=O) groups excluding carboxylic acids is 1. The molecule has 1 aliphatic heterocycles. The van der Waals surface area contributed by atoms with Gasteiger partial charge in [-0.25, -0.2) is 0 Å². The quantitative estimate of drug-likeness (QED) is 0.147. The van der Waals surface area contributed by atoms with Gasteiger partial charge in [-0.05, 0) is 43.7 Å². The Bertz CT molecular complexity index is 1500.